The van der Waals surface area contributed by atoms with Gasteiger partial charge in [-0.05, 0) is 24.5 Å². The van der Waals surface area contributed by atoms with Crippen LogP contribution in [0.3, 0.4) is 0 Å². The number of aromatic nitrogens is 1. The van der Waals surface area contributed by atoms with Crippen molar-refractivity contribution in [3.63, 3.8) is 0 Å². The summed E-state index contributed by atoms with van der Waals surface area (Å²) in [5.74, 6) is 0. The smallest absolute Gasteiger partial charge is 0.155 e. The molecule has 0 fully saturated rings. The maximum atomic E-state index is 5.32. The standard InChI is InChI=1S/C9H7NO/c1-2-8-9-7(3-4-11-9)6(1)5-10-8/h3-5H,1-2H2. The largest absolute Gasteiger partial charge is 0.462 e. The Morgan fingerprint density at radius 2 is 2.36 bits per heavy atom. The van der Waals surface area contributed by atoms with E-state index in [-0.39, 0.29) is 0 Å². The van der Waals surface area contributed by atoms with Gasteiger partial charge >= 0.3 is 0 Å². The second-order valence-electron chi connectivity index (χ2n) is 2.89. The van der Waals surface area contributed by atoms with Crippen molar-refractivity contribution in [3.8, 4) is 0 Å². The SMILES string of the molecule is c1cc2c3cnc(c2o1)CC3. The van der Waals surface area contributed by atoms with Crippen molar-refractivity contribution >= 4 is 11.0 Å². The quantitative estimate of drug-likeness (QED) is 0.566. The molecule has 0 amide bonds. The van der Waals surface area contributed by atoms with Gasteiger partial charge in [0.2, 0.25) is 0 Å². The molecule has 0 unspecified atom stereocenters. The zero-order valence-electron chi connectivity index (χ0n) is 6.00. The van der Waals surface area contributed by atoms with Gasteiger partial charge in [0.15, 0.2) is 5.58 Å². The summed E-state index contributed by atoms with van der Waals surface area (Å²) in [5, 5.41) is 1.25. The van der Waals surface area contributed by atoms with Gasteiger partial charge in [0.1, 0.15) is 0 Å². The number of nitrogens with zero attached hydrogens (tertiary/aromatic N) is 1. The first kappa shape index (κ1) is 5.35. The molecule has 2 nitrogen and oxygen atoms in total. The summed E-state index contributed by atoms with van der Waals surface area (Å²) in [6.07, 6.45) is 5.87. The van der Waals surface area contributed by atoms with E-state index < -0.39 is 0 Å². The number of furan rings is 1. The first-order valence-corrected chi connectivity index (χ1v) is 3.79. The van der Waals surface area contributed by atoms with E-state index in [0.717, 1.165) is 24.1 Å². The van der Waals surface area contributed by atoms with Crippen molar-refractivity contribution < 1.29 is 4.42 Å². The number of pyridine rings is 1. The van der Waals surface area contributed by atoms with Gasteiger partial charge in [-0.2, -0.15) is 0 Å². The van der Waals surface area contributed by atoms with Crippen LogP contribution in [0, 0.1) is 0 Å². The predicted octanol–water partition coefficient (Wildman–Crippen LogP) is 1.93. The first-order chi connectivity index (χ1) is 5.45. The molecule has 0 atom stereocenters. The molecule has 54 valence electrons. The molecule has 3 heterocycles. The maximum absolute atomic E-state index is 5.32. The van der Waals surface area contributed by atoms with Crippen molar-refractivity contribution in [2.45, 2.75) is 12.8 Å². The molecule has 0 spiro atoms. The van der Waals surface area contributed by atoms with E-state index in [1.165, 1.54) is 10.9 Å². The molecule has 2 aromatic heterocycles. The predicted molar refractivity (Wildman–Crippen MR) is 41.4 cm³/mol. The van der Waals surface area contributed by atoms with Crippen molar-refractivity contribution in [1.82, 2.24) is 4.98 Å². The Bertz CT molecular complexity index is 378. The lowest BCUT2D eigenvalue weighted by Crippen LogP contribution is -2.03. The van der Waals surface area contributed by atoms with Crippen LogP contribution in [0.15, 0.2) is 22.9 Å². The molecule has 11 heavy (non-hydrogen) atoms. The Morgan fingerprint density at radius 1 is 1.36 bits per heavy atom. The molecule has 0 radical (unpaired) electrons. The van der Waals surface area contributed by atoms with E-state index >= 15 is 0 Å². The molecule has 2 aromatic rings. The molecule has 0 aromatic carbocycles. The third kappa shape index (κ3) is 0.546. The fraction of sp³-hybridized carbons (Fsp3) is 0.222. The fourth-order valence-corrected chi connectivity index (χ4v) is 1.70. The summed E-state index contributed by atoms with van der Waals surface area (Å²) < 4.78 is 5.32. The van der Waals surface area contributed by atoms with Crippen LogP contribution in [0.5, 0.6) is 0 Å². The van der Waals surface area contributed by atoms with Gasteiger partial charge in [0, 0.05) is 11.6 Å². The van der Waals surface area contributed by atoms with Crippen molar-refractivity contribution in [2.75, 3.05) is 0 Å². The molecular formula is C9H7NO. The number of hydrogen-bond acceptors (Lipinski definition) is 2. The zero-order chi connectivity index (χ0) is 7.26. The number of aryl methyl sites for hydroxylation is 2. The third-order valence-electron chi connectivity index (χ3n) is 2.28. The van der Waals surface area contributed by atoms with Crippen LogP contribution in [0.2, 0.25) is 0 Å². The normalized spacial score (nSPS) is 14.5. The Hall–Kier alpha value is -1.31. The molecule has 2 aliphatic rings. The number of hydrogen-bond donors (Lipinski definition) is 0. The van der Waals surface area contributed by atoms with Gasteiger partial charge in [0.05, 0.1) is 12.0 Å². The van der Waals surface area contributed by atoms with Crippen molar-refractivity contribution in [3.05, 3.63) is 29.8 Å². The molecule has 2 bridgehead atoms. The molecular weight excluding hydrogens is 138 g/mol. The topological polar surface area (TPSA) is 26.0 Å². The summed E-state index contributed by atoms with van der Waals surface area (Å²) in [7, 11) is 0. The molecule has 2 heteroatoms. The van der Waals surface area contributed by atoms with Gasteiger partial charge in [-0.1, -0.05) is 0 Å². The van der Waals surface area contributed by atoms with Gasteiger partial charge in [-0.3, -0.25) is 4.98 Å². The van der Waals surface area contributed by atoms with E-state index in [1.54, 1.807) is 6.26 Å². The van der Waals surface area contributed by atoms with E-state index in [2.05, 4.69) is 4.98 Å². The Kier molecular flexibility index (Phi) is 0.799. The minimum atomic E-state index is 0.994. The molecule has 1 aliphatic heterocycles. The monoisotopic (exact) mass is 145 g/mol. The summed E-state index contributed by atoms with van der Waals surface area (Å²) in [5.41, 5.74) is 3.43. The van der Waals surface area contributed by atoms with Gasteiger partial charge < -0.3 is 4.42 Å². The summed E-state index contributed by atoms with van der Waals surface area (Å²) >= 11 is 0. The number of fused-ring (bicyclic) bond motifs is 2. The van der Waals surface area contributed by atoms with E-state index in [0.29, 0.717) is 0 Å². The third-order valence-corrected chi connectivity index (χ3v) is 2.28. The molecule has 0 saturated carbocycles. The number of rotatable bonds is 0. The van der Waals surface area contributed by atoms with Crippen LogP contribution in [-0.4, -0.2) is 4.98 Å². The molecule has 0 N–H and O–H groups in total. The van der Waals surface area contributed by atoms with E-state index in [4.69, 9.17) is 4.42 Å². The summed E-state index contributed by atoms with van der Waals surface area (Å²) in [4.78, 5) is 4.27. The first-order valence-electron chi connectivity index (χ1n) is 3.79. The summed E-state index contributed by atoms with van der Waals surface area (Å²) in [6.45, 7) is 0. The van der Waals surface area contributed by atoms with Crippen LogP contribution in [0.1, 0.15) is 11.3 Å². The Morgan fingerprint density at radius 3 is 3.09 bits per heavy atom. The summed E-state index contributed by atoms with van der Waals surface area (Å²) in [6, 6.07) is 2.02. The van der Waals surface area contributed by atoms with Crippen molar-refractivity contribution in [1.29, 1.82) is 0 Å². The Labute approximate surface area is 63.9 Å². The lowest BCUT2D eigenvalue weighted by atomic mass is 9.99. The van der Waals surface area contributed by atoms with Gasteiger partial charge in [-0.15, -0.1) is 0 Å². The highest BCUT2D eigenvalue weighted by Gasteiger charge is 2.15. The zero-order valence-corrected chi connectivity index (χ0v) is 6.00. The average molecular weight is 145 g/mol. The van der Waals surface area contributed by atoms with Gasteiger partial charge in [0.25, 0.3) is 0 Å². The van der Waals surface area contributed by atoms with Crippen LogP contribution in [0.25, 0.3) is 11.0 Å². The second-order valence-corrected chi connectivity index (χ2v) is 2.89. The van der Waals surface area contributed by atoms with E-state index in [1.807, 2.05) is 12.3 Å². The van der Waals surface area contributed by atoms with Crippen LogP contribution in [0.4, 0.5) is 0 Å². The van der Waals surface area contributed by atoms with Crippen LogP contribution >= 0.6 is 0 Å². The highest BCUT2D eigenvalue weighted by molar-refractivity contribution is 5.84. The lowest BCUT2D eigenvalue weighted by molar-refractivity contribution is 0.604. The molecule has 1 aliphatic carbocycles. The van der Waals surface area contributed by atoms with Crippen LogP contribution in [-0.2, 0) is 12.8 Å². The molecule has 4 rings (SSSR count). The fourth-order valence-electron chi connectivity index (χ4n) is 1.70. The van der Waals surface area contributed by atoms with Crippen LogP contribution < -0.4 is 0 Å². The second kappa shape index (κ2) is 1.64. The highest BCUT2D eigenvalue weighted by atomic mass is 16.3. The molecule has 0 saturated heterocycles. The average Bonchev–Trinajstić information content (AvgIpc) is 2.55. The van der Waals surface area contributed by atoms with E-state index in [9.17, 15) is 0 Å². The minimum absolute atomic E-state index is 0.994. The lowest BCUT2D eigenvalue weighted by Gasteiger charge is -2.11. The minimum Gasteiger partial charge on any atom is -0.462 e. The Balaban J connectivity index is 2.64. The van der Waals surface area contributed by atoms with Gasteiger partial charge in [-0.25, -0.2) is 0 Å². The highest BCUT2D eigenvalue weighted by Crippen LogP contribution is 2.28. The maximum Gasteiger partial charge on any atom is 0.155 e. The van der Waals surface area contributed by atoms with Crippen molar-refractivity contribution in [2.24, 2.45) is 0 Å².